The van der Waals surface area contributed by atoms with E-state index in [1.165, 1.54) is 6.07 Å². The number of halogens is 1. The van der Waals surface area contributed by atoms with Crippen molar-refractivity contribution in [3.05, 3.63) is 29.6 Å². The Kier molecular flexibility index (Phi) is 3.13. The molecule has 0 atom stereocenters. The Bertz CT molecular complexity index is 615. The number of nitrogens with one attached hydrogen (secondary N) is 1. The van der Waals surface area contributed by atoms with E-state index < -0.39 is 21.4 Å². The number of nitrogens with zero attached hydrogens (tertiary/aromatic N) is 1. The fourth-order valence-corrected chi connectivity index (χ4v) is 3.44. The second-order valence-electron chi connectivity index (χ2n) is 4.77. The summed E-state index contributed by atoms with van der Waals surface area (Å²) in [7, 11) is -3.70. The summed E-state index contributed by atoms with van der Waals surface area (Å²) in [4.78, 5) is -0.0754. The average molecular weight is 268 g/mol. The molecule has 1 saturated carbocycles. The molecule has 2 rings (SSSR count). The summed E-state index contributed by atoms with van der Waals surface area (Å²) in [5, 5.41) is 8.69. The minimum absolute atomic E-state index is 0.0754. The summed E-state index contributed by atoms with van der Waals surface area (Å²) in [5.41, 5.74) is -0.684. The molecule has 6 heteroatoms. The van der Waals surface area contributed by atoms with Crippen molar-refractivity contribution in [2.75, 3.05) is 0 Å². The topological polar surface area (TPSA) is 70.0 Å². The van der Waals surface area contributed by atoms with Crippen molar-refractivity contribution in [3.8, 4) is 6.07 Å². The summed E-state index contributed by atoms with van der Waals surface area (Å²) in [6.45, 7) is 1.84. The summed E-state index contributed by atoms with van der Waals surface area (Å²) < 4.78 is 39.9. The van der Waals surface area contributed by atoms with Crippen LogP contribution in [0.15, 0.2) is 23.1 Å². The highest BCUT2D eigenvalue weighted by Gasteiger charge is 2.36. The second kappa shape index (κ2) is 4.34. The van der Waals surface area contributed by atoms with E-state index in [0.717, 1.165) is 31.4 Å². The Morgan fingerprint density at radius 2 is 2.11 bits per heavy atom. The van der Waals surface area contributed by atoms with Gasteiger partial charge in [0.05, 0.1) is 10.5 Å². The van der Waals surface area contributed by atoms with Gasteiger partial charge in [0, 0.05) is 5.54 Å². The number of sulfonamides is 1. The highest BCUT2D eigenvalue weighted by Crippen LogP contribution is 2.32. The first-order valence-corrected chi connectivity index (χ1v) is 7.08. The summed E-state index contributed by atoms with van der Waals surface area (Å²) in [5.74, 6) is -0.716. The Hall–Kier alpha value is -1.45. The Balaban J connectivity index is 2.33. The Morgan fingerprint density at radius 1 is 1.44 bits per heavy atom. The van der Waals surface area contributed by atoms with Crippen molar-refractivity contribution >= 4 is 10.0 Å². The van der Waals surface area contributed by atoms with Gasteiger partial charge in [0.15, 0.2) is 0 Å². The van der Waals surface area contributed by atoms with Crippen LogP contribution in [0.25, 0.3) is 0 Å². The summed E-state index contributed by atoms with van der Waals surface area (Å²) in [6.07, 6.45) is 2.57. The minimum atomic E-state index is -3.70. The second-order valence-corrected chi connectivity index (χ2v) is 6.46. The molecule has 0 heterocycles. The van der Waals surface area contributed by atoms with E-state index in [4.69, 9.17) is 5.26 Å². The van der Waals surface area contributed by atoms with Crippen molar-refractivity contribution in [1.29, 1.82) is 5.26 Å². The molecule has 0 saturated heterocycles. The number of nitriles is 1. The molecule has 0 aromatic heterocycles. The van der Waals surface area contributed by atoms with Gasteiger partial charge < -0.3 is 0 Å². The molecule has 1 aromatic rings. The molecule has 0 spiro atoms. The maximum Gasteiger partial charge on any atom is 0.241 e. The maximum atomic E-state index is 13.1. The van der Waals surface area contributed by atoms with Crippen molar-refractivity contribution in [2.45, 2.75) is 36.6 Å². The molecule has 1 N–H and O–H groups in total. The van der Waals surface area contributed by atoms with Crippen LogP contribution in [0.5, 0.6) is 0 Å². The lowest BCUT2D eigenvalue weighted by Gasteiger charge is -2.38. The van der Waals surface area contributed by atoms with Crippen LogP contribution in [0.3, 0.4) is 0 Å². The standard InChI is InChI=1S/C12H13FN2O2S/c1-12(5-2-6-12)15-18(16,17)10-3-4-11(13)9(7-10)8-14/h3-4,7,15H,2,5-6H2,1H3. The van der Waals surface area contributed by atoms with Crippen molar-refractivity contribution in [2.24, 2.45) is 0 Å². The molecule has 18 heavy (non-hydrogen) atoms. The van der Waals surface area contributed by atoms with Crippen LogP contribution in [0.4, 0.5) is 4.39 Å². The third-order valence-electron chi connectivity index (χ3n) is 3.21. The van der Waals surface area contributed by atoms with Crippen LogP contribution < -0.4 is 4.72 Å². The molecule has 0 bridgehead atoms. The zero-order valence-corrected chi connectivity index (χ0v) is 10.7. The van der Waals surface area contributed by atoms with Crippen molar-refractivity contribution in [1.82, 2.24) is 4.72 Å². The van der Waals surface area contributed by atoms with E-state index in [2.05, 4.69) is 4.72 Å². The van der Waals surface area contributed by atoms with Gasteiger partial charge in [-0.1, -0.05) is 0 Å². The number of benzene rings is 1. The van der Waals surface area contributed by atoms with E-state index >= 15 is 0 Å². The monoisotopic (exact) mass is 268 g/mol. The normalized spacial score (nSPS) is 17.8. The SMILES string of the molecule is CC1(NS(=O)(=O)c2ccc(F)c(C#N)c2)CCC1. The van der Waals surface area contributed by atoms with Gasteiger partial charge in [-0.15, -0.1) is 0 Å². The van der Waals surface area contributed by atoms with Gasteiger partial charge in [-0.05, 0) is 44.4 Å². The molecular weight excluding hydrogens is 255 g/mol. The lowest BCUT2D eigenvalue weighted by molar-refractivity contribution is 0.248. The third-order valence-corrected chi connectivity index (χ3v) is 4.84. The fourth-order valence-electron chi connectivity index (χ4n) is 1.95. The predicted octanol–water partition coefficient (Wildman–Crippen LogP) is 1.92. The van der Waals surface area contributed by atoms with Crippen molar-refractivity contribution in [3.63, 3.8) is 0 Å². The molecule has 1 fully saturated rings. The zero-order chi connectivity index (χ0) is 13.4. The number of hydrogen-bond acceptors (Lipinski definition) is 3. The molecule has 1 aliphatic carbocycles. The molecule has 0 aliphatic heterocycles. The third kappa shape index (κ3) is 2.37. The van der Waals surface area contributed by atoms with Gasteiger partial charge in [0.1, 0.15) is 11.9 Å². The van der Waals surface area contributed by atoms with Crippen LogP contribution in [0.2, 0.25) is 0 Å². The van der Waals surface area contributed by atoms with Gasteiger partial charge in [0.2, 0.25) is 10.0 Å². The molecule has 1 aliphatic rings. The van der Waals surface area contributed by atoms with E-state index in [0.29, 0.717) is 0 Å². The Morgan fingerprint density at radius 3 is 2.61 bits per heavy atom. The van der Waals surface area contributed by atoms with Gasteiger partial charge in [-0.25, -0.2) is 17.5 Å². The first-order chi connectivity index (χ1) is 8.36. The first kappa shape index (κ1) is 13.0. The smallest absolute Gasteiger partial charge is 0.207 e. The lowest BCUT2D eigenvalue weighted by Crippen LogP contribution is -2.50. The molecule has 0 amide bonds. The fraction of sp³-hybridized carbons (Fsp3) is 0.417. The quantitative estimate of drug-likeness (QED) is 0.910. The minimum Gasteiger partial charge on any atom is -0.207 e. The zero-order valence-electron chi connectivity index (χ0n) is 9.90. The molecule has 0 radical (unpaired) electrons. The van der Waals surface area contributed by atoms with E-state index in [1.54, 1.807) is 6.07 Å². The molecule has 1 aromatic carbocycles. The Labute approximate surface area is 105 Å². The van der Waals surface area contributed by atoms with E-state index in [-0.39, 0.29) is 10.5 Å². The van der Waals surface area contributed by atoms with Gasteiger partial charge in [-0.3, -0.25) is 0 Å². The molecule has 4 nitrogen and oxygen atoms in total. The summed E-state index contributed by atoms with van der Waals surface area (Å²) >= 11 is 0. The highest BCUT2D eigenvalue weighted by atomic mass is 32.2. The van der Waals surface area contributed by atoms with Gasteiger partial charge in [-0.2, -0.15) is 5.26 Å². The van der Waals surface area contributed by atoms with Gasteiger partial charge in [0.25, 0.3) is 0 Å². The predicted molar refractivity (Wildman–Crippen MR) is 63.7 cm³/mol. The first-order valence-electron chi connectivity index (χ1n) is 5.60. The number of rotatable bonds is 3. The van der Waals surface area contributed by atoms with E-state index in [9.17, 15) is 12.8 Å². The number of hydrogen-bond donors (Lipinski definition) is 1. The van der Waals surface area contributed by atoms with E-state index in [1.807, 2.05) is 6.92 Å². The molecule has 0 unspecified atom stereocenters. The molecule has 96 valence electrons. The van der Waals surface area contributed by atoms with Crippen molar-refractivity contribution < 1.29 is 12.8 Å². The maximum absolute atomic E-state index is 13.1. The van der Waals surface area contributed by atoms with Crippen LogP contribution >= 0.6 is 0 Å². The van der Waals surface area contributed by atoms with Crippen LogP contribution in [-0.4, -0.2) is 14.0 Å². The van der Waals surface area contributed by atoms with Gasteiger partial charge >= 0.3 is 0 Å². The van der Waals surface area contributed by atoms with Crippen LogP contribution in [0, 0.1) is 17.1 Å². The largest absolute Gasteiger partial charge is 0.241 e. The average Bonchev–Trinajstić information content (AvgIpc) is 2.26. The van der Waals surface area contributed by atoms with Crippen LogP contribution in [0.1, 0.15) is 31.7 Å². The lowest BCUT2D eigenvalue weighted by atomic mass is 9.80. The van der Waals surface area contributed by atoms with Crippen LogP contribution in [-0.2, 0) is 10.0 Å². The summed E-state index contributed by atoms with van der Waals surface area (Å²) in [6, 6.07) is 4.85. The highest BCUT2D eigenvalue weighted by molar-refractivity contribution is 7.89. The molecular formula is C12H13FN2O2S.